The Balaban J connectivity index is 2.20. The predicted octanol–water partition coefficient (Wildman–Crippen LogP) is 5.01. The molecule has 0 amide bonds. The average molecular weight is 417 g/mol. The van der Waals surface area contributed by atoms with E-state index in [1.807, 2.05) is 5.10 Å². The number of methoxy groups -OCH3 is 1. The molecule has 1 atom stereocenters. The third-order valence-corrected chi connectivity index (χ3v) is 4.79. The summed E-state index contributed by atoms with van der Waals surface area (Å²) in [4.78, 5) is 0.124. The Labute approximate surface area is 159 Å². The Morgan fingerprint density at radius 1 is 1.15 bits per heavy atom. The Morgan fingerprint density at radius 2 is 1.78 bits per heavy atom. The van der Waals surface area contributed by atoms with Crippen LogP contribution in [0.25, 0.3) is 22.4 Å². The minimum Gasteiger partial charge on any atom is -0.495 e. The number of hydrogen-bond donors (Lipinski definition) is 2. The predicted molar refractivity (Wildman–Crippen MR) is 95.1 cm³/mol. The molecule has 5 nitrogen and oxygen atoms in total. The zero-order valence-electron chi connectivity index (χ0n) is 13.7. The van der Waals surface area contributed by atoms with Crippen LogP contribution in [-0.2, 0) is 17.3 Å². The normalized spacial score (nSPS) is 12.8. The van der Waals surface area contributed by atoms with E-state index in [2.05, 4.69) is 5.10 Å². The number of hydrogen-bond acceptors (Lipinski definition) is 3. The third kappa shape index (κ3) is 3.85. The standard InChI is InChI=1S/C17H12ClF3N2O3S/c1-26-13-7-4-10(8-12(13)18)14-15(22-23-16(14)17(19,20)21)9-2-5-11(6-3-9)27(24)25/h2-8H,1H3,(H,22,23)(H,24,25). The van der Waals surface area contributed by atoms with Crippen molar-refractivity contribution in [1.82, 2.24) is 10.2 Å². The van der Waals surface area contributed by atoms with Crippen molar-refractivity contribution in [2.45, 2.75) is 11.1 Å². The fraction of sp³-hybridized carbons (Fsp3) is 0.118. The molecule has 0 fully saturated rings. The number of nitrogens with one attached hydrogen (secondary N) is 1. The molecular weight excluding hydrogens is 405 g/mol. The fourth-order valence-corrected chi connectivity index (χ4v) is 3.21. The van der Waals surface area contributed by atoms with Crippen molar-refractivity contribution >= 4 is 22.7 Å². The second-order valence-corrected chi connectivity index (χ2v) is 6.82. The summed E-state index contributed by atoms with van der Waals surface area (Å²) in [6.07, 6.45) is -4.67. The Kier molecular flexibility index (Phi) is 5.27. The van der Waals surface area contributed by atoms with E-state index in [1.165, 1.54) is 49.6 Å². The summed E-state index contributed by atoms with van der Waals surface area (Å²) in [6, 6.07) is 9.82. The minimum absolute atomic E-state index is 0.0406. The molecule has 2 N–H and O–H groups in total. The number of aromatic amines is 1. The number of aromatic nitrogens is 2. The van der Waals surface area contributed by atoms with Gasteiger partial charge >= 0.3 is 6.18 Å². The van der Waals surface area contributed by atoms with E-state index >= 15 is 0 Å². The first kappa shape index (κ1) is 19.4. The van der Waals surface area contributed by atoms with Gasteiger partial charge in [0, 0.05) is 11.1 Å². The van der Waals surface area contributed by atoms with Crippen molar-refractivity contribution in [1.29, 1.82) is 0 Å². The summed E-state index contributed by atoms with van der Waals surface area (Å²) < 4.78 is 65.6. The van der Waals surface area contributed by atoms with Crippen molar-refractivity contribution in [3.8, 4) is 28.1 Å². The summed E-state index contributed by atoms with van der Waals surface area (Å²) in [6.45, 7) is 0. The number of nitrogens with zero attached hydrogens (tertiary/aromatic N) is 1. The van der Waals surface area contributed by atoms with Crippen molar-refractivity contribution in [3.63, 3.8) is 0 Å². The van der Waals surface area contributed by atoms with E-state index in [0.29, 0.717) is 11.3 Å². The van der Waals surface area contributed by atoms with Crippen molar-refractivity contribution in [2.24, 2.45) is 0 Å². The minimum atomic E-state index is -4.67. The first-order chi connectivity index (χ1) is 12.7. The summed E-state index contributed by atoms with van der Waals surface area (Å²) in [7, 11) is 1.40. The molecule has 10 heteroatoms. The van der Waals surface area contributed by atoms with E-state index in [4.69, 9.17) is 20.9 Å². The van der Waals surface area contributed by atoms with E-state index < -0.39 is 23.0 Å². The van der Waals surface area contributed by atoms with Gasteiger partial charge in [-0.25, -0.2) is 4.21 Å². The van der Waals surface area contributed by atoms with Gasteiger partial charge in [0.15, 0.2) is 11.1 Å². The maximum atomic E-state index is 13.5. The molecule has 3 aromatic rings. The molecule has 0 saturated heterocycles. The maximum absolute atomic E-state index is 13.5. The Bertz CT molecular complexity index is 1000. The SMILES string of the molecule is COc1ccc(-c2c(-c3ccc(S(=O)O)cc3)n[nH]c2C(F)(F)F)cc1Cl. The lowest BCUT2D eigenvalue weighted by atomic mass is 9.98. The van der Waals surface area contributed by atoms with Gasteiger partial charge in [0.05, 0.1) is 17.0 Å². The van der Waals surface area contributed by atoms with Gasteiger partial charge in [-0.3, -0.25) is 5.10 Å². The number of H-pyrrole nitrogens is 1. The van der Waals surface area contributed by atoms with Crippen LogP contribution in [-0.4, -0.2) is 26.1 Å². The maximum Gasteiger partial charge on any atom is 0.433 e. The van der Waals surface area contributed by atoms with Gasteiger partial charge in [0.25, 0.3) is 0 Å². The molecule has 2 aromatic carbocycles. The Hall–Kier alpha value is -2.36. The van der Waals surface area contributed by atoms with E-state index in [1.54, 1.807) is 0 Å². The molecule has 0 spiro atoms. The zero-order valence-corrected chi connectivity index (χ0v) is 15.2. The summed E-state index contributed by atoms with van der Waals surface area (Å²) in [5.74, 6) is 0.328. The highest BCUT2D eigenvalue weighted by atomic mass is 35.5. The monoisotopic (exact) mass is 416 g/mol. The molecule has 3 rings (SSSR count). The number of alkyl halides is 3. The molecule has 0 radical (unpaired) electrons. The second-order valence-electron chi connectivity index (χ2n) is 5.44. The second kappa shape index (κ2) is 7.34. The fourth-order valence-electron chi connectivity index (χ4n) is 2.59. The van der Waals surface area contributed by atoms with Crippen LogP contribution in [0, 0.1) is 0 Å². The summed E-state index contributed by atoms with van der Waals surface area (Å²) in [5, 5.41) is 6.01. The average Bonchev–Trinajstić information content (AvgIpc) is 3.07. The first-order valence-corrected chi connectivity index (χ1v) is 8.91. The van der Waals surface area contributed by atoms with Crippen LogP contribution in [0.2, 0.25) is 5.02 Å². The molecule has 0 aliphatic heterocycles. The summed E-state index contributed by atoms with van der Waals surface area (Å²) in [5.41, 5.74) is -0.609. The number of rotatable bonds is 4. The van der Waals surface area contributed by atoms with Crippen LogP contribution in [0.3, 0.4) is 0 Å². The number of ether oxygens (including phenoxy) is 1. The lowest BCUT2D eigenvalue weighted by Gasteiger charge is -2.11. The molecule has 142 valence electrons. The molecular formula is C17H12ClF3N2O3S. The number of benzene rings is 2. The topological polar surface area (TPSA) is 75.2 Å². The smallest absolute Gasteiger partial charge is 0.433 e. The molecule has 27 heavy (non-hydrogen) atoms. The molecule has 0 aliphatic carbocycles. The third-order valence-electron chi connectivity index (χ3n) is 3.82. The van der Waals surface area contributed by atoms with Gasteiger partial charge in [-0.1, -0.05) is 29.8 Å². The molecule has 0 bridgehead atoms. The van der Waals surface area contributed by atoms with Crippen LogP contribution in [0.5, 0.6) is 5.75 Å². The number of halogens is 4. The van der Waals surface area contributed by atoms with Crippen molar-refractivity contribution < 1.29 is 26.7 Å². The van der Waals surface area contributed by atoms with Crippen LogP contribution in [0.15, 0.2) is 47.4 Å². The van der Waals surface area contributed by atoms with Gasteiger partial charge in [-0.2, -0.15) is 18.3 Å². The quantitative estimate of drug-likeness (QED) is 0.586. The highest BCUT2D eigenvalue weighted by molar-refractivity contribution is 7.79. The van der Waals surface area contributed by atoms with Gasteiger partial charge < -0.3 is 9.29 Å². The van der Waals surface area contributed by atoms with E-state index in [0.717, 1.165) is 0 Å². The molecule has 0 aliphatic rings. The molecule has 1 heterocycles. The molecule has 0 saturated carbocycles. The highest BCUT2D eigenvalue weighted by Gasteiger charge is 2.38. The lowest BCUT2D eigenvalue weighted by Crippen LogP contribution is -2.07. The van der Waals surface area contributed by atoms with Crippen LogP contribution >= 0.6 is 11.6 Å². The molecule has 1 aromatic heterocycles. The van der Waals surface area contributed by atoms with Gasteiger partial charge in [-0.15, -0.1) is 0 Å². The first-order valence-electron chi connectivity index (χ1n) is 7.43. The van der Waals surface area contributed by atoms with Crippen LogP contribution < -0.4 is 4.74 Å². The van der Waals surface area contributed by atoms with Crippen LogP contribution in [0.4, 0.5) is 13.2 Å². The highest BCUT2D eigenvalue weighted by Crippen LogP contribution is 2.42. The zero-order chi connectivity index (χ0) is 19.8. The lowest BCUT2D eigenvalue weighted by molar-refractivity contribution is -0.140. The van der Waals surface area contributed by atoms with Crippen molar-refractivity contribution in [3.05, 3.63) is 53.2 Å². The summed E-state index contributed by atoms with van der Waals surface area (Å²) >= 11 is 3.88. The van der Waals surface area contributed by atoms with Crippen LogP contribution in [0.1, 0.15) is 5.69 Å². The molecule has 1 unspecified atom stereocenters. The Morgan fingerprint density at radius 3 is 2.30 bits per heavy atom. The van der Waals surface area contributed by atoms with E-state index in [-0.39, 0.29) is 26.7 Å². The van der Waals surface area contributed by atoms with E-state index in [9.17, 15) is 17.4 Å². The van der Waals surface area contributed by atoms with Gasteiger partial charge in [0.2, 0.25) is 0 Å². The van der Waals surface area contributed by atoms with Gasteiger partial charge in [-0.05, 0) is 29.8 Å². The van der Waals surface area contributed by atoms with Crippen molar-refractivity contribution in [2.75, 3.05) is 7.11 Å². The van der Waals surface area contributed by atoms with Gasteiger partial charge in [0.1, 0.15) is 17.1 Å². The largest absolute Gasteiger partial charge is 0.495 e.